The first-order chi connectivity index (χ1) is 14.6. The van der Waals surface area contributed by atoms with Crippen LogP contribution in [0.4, 0.5) is 0 Å². The number of pyridine rings is 1. The van der Waals surface area contributed by atoms with Crippen molar-refractivity contribution >= 4 is 20.9 Å². The van der Waals surface area contributed by atoms with Gasteiger partial charge >= 0.3 is 0 Å². The summed E-state index contributed by atoms with van der Waals surface area (Å²) in [6, 6.07) is 9.14. The van der Waals surface area contributed by atoms with Gasteiger partial charge in [0, 0.05) is 63.6 Å². The zero-order valence-corrected chi connectivity index (χ0v) is 18.6. The molecule has 3 heterocycles. The van der Waals surface area contributed by atoms with Crippen molar-refractivity contribution < 1.29 is 13.2 Å². The number of benzene rings is 1. The summed E-state index contributed by atoms with van der Waals surface area (Å²) in [6.45, 7) is 6.93. The molecule has 8 heteroatoms. The van der Waals surface area contributed by atoms with Gasteiger partial charge in [-0.15, -0.1) is 0 Å². The summed E-state index contributed by atoms with van der Waals surface area (Å²) in [5, 5.41) is 0.850. The van der Waals surface area contributed by atoms with Crippen molar-refractivity contribution in [2.45, 2.75) is 30.2 Å². The number of aromatic nitrogens is 1. The van der Waals surface area contributed by atoms with Crippen LogP contribution in [-0.4, -0.2) is 93.1 Å². The van der Waals surface area contributed by atoms with Crippen LogP contribution < -0.4 is 0 Å². The van der Waals surface area contributed by atoms with Crippen LogP contribution in [0.5, 0.6) is 0 Å². The highest BCUT2D eigenvalue weighted by Gasteiger charge is 2.33. The predicted molar refractivity (Wildman–Crippen MR) is 118 cm³/mol. The van der Waals surface area contributed by atoms with Gasteiger partial charge in [0.05, 0.1) is 5.52 Å². The lowest BCUT2D eigenvalue weighted by Crippen LogP contribution is -2.47. The maximum atomic E-state index is 13.8. The molecule has 2 fully saturated rings. The molecule has 1 aromatic heterocycles. The van der Waals surface area contributed by atoms with E-state index < -0.39 is 10.0 Å². The van der Waals surface area contributed by atoms with Gasteiger partial charge in [-0.25, -0.2) is 8.42 Å². The zero-order chi connectivity index (χ0) is 21.0. The number of piperazine rings is 1. The Bertz CT molecular complexity index is 933. The van der Waals surface area contributed by atoms with Crippen LogP contribution in [-0.2, 0) is 14.8 Å². The second-order valence-electron chi connectivity index (χ2n) is 8.29. The number of hydrogen-bond donors (Lipinski definition) is 0. The summed E-state index contributed by atoms with van der Waals surface area (Å²) < 4.78 is 34.8. The molecule has 30 heavy (non-hydrogen) atoms. The van der Waals surface area contributed by atoms with E-state index in [2.05, 4.69) is 21.8 Å². The lowest BCUT2D eigenvalue weighted by molar-refractivity contribution is 0.0571. The number of hydrogen-bond acceptors (Lipinski definition) is 6. The molecule has 2 aromatic rings. The highest BCUT2D eigenvalue weighted by Crippen LogP contribution is 2.28. The Hall–Kier alpha value is -1.58. The molecular weight excluding hydrogens is 400 g/mol. The first-order valence-electron chi connectivity index (χ1n) is 10.9. The zero-order valence-electron chi connectivity index (χ0n) is 17.7. The Labute approximate surface area is 179 Å². The fourth-order valence-electron chi connectivity index (χ4n) is 4.40. The minimum absolute atomic E-state index is 0.0183. The molecule has 0 unspecified atom stereocenters. The Morgan fingerprint density at radius 1 is 1.10 bits per heavy atom. The molecule has 7 nitrogen and oxygen atoms in total. The summed E-state index contributed by atoms with van der Waals surface area (Å²) >= 11 is 0. The van der Waals surface area contributed by atoms with Gasteiger partial charge in [-0.05, 0) is 45.0 Å². The Balaban J connectivity index is 1.55. The Kier molecular flexibility index (Phi) is 7.00. The van der Waals surface area contributed by atoms with Gasteiger partial charge in [0.25, 0.3) is 0 Å². The molecule has 0 amide bonds. The average molecular weight is 433 g/mol. The number of para-hydroxylation sites is 1. The average Bonchev–Trinajstić information content (AvgIpc) is 2.78. The molecule has 2 saturated heterocycles. The van der Waals surface area contributed by atoms with Crippen LogP contribution >= 0.6 is 0 Å². The molecule has 0 spiro atoms. The first kappa shape index (κ1) is 21.6. The van der Waals surface area contributed by atoms with E-state index in [0.717, 1.165) is 57.4 Å². The summed E-state index contributed by atoms with van der Waals surface area (Å²) in [4.78, 5) is 9.48. The van der Waals surface area contributed by atoms with Crippen molar-refractivity contribution in [1.82, 2.24) is 19.1 Å². The summed E-state index contributed by atoms with van der Waals surface area (Å²) in [5.41, 5.74) is 0.552. The molecule has 0 aliphatic carbocycles. The van der Waals surface area contributed by atoms with Crippen LogP contribution in [0.3, 0.4) is 0 Å². The second-order valence-corrected chi connectivity index (χ2v) is 10.1. The third kappa shape index (κ3) is 4.84. The van der Waals surface area contributed by atoms with Gasteiger partial charge in [-0.3, -0.25) is 4.98 Å². The van der Waals surface area contributed by atoms with E-state index in [4.69, 9.17) is 4.74 Å². The number of likely N-dealkylation sites (N-methyl/N-ethyl adjacent to an activating group) is 1. The van der Waals surface area contributed by atoms with Gasteiger partial charge < -0.3 is 14.5 Å². The van der Waals surface area contributed by atoms with Crippen molar-refractivity contribution in [2.75, 3.05) is 59.5 Å². The minimum Gasteiger partial charge on any atom is -0.381 e. The molecule has 0 N–H and O–H groups in total. The third-order valence-corrected chi connectivity index (χ3v) is 8.21. The van der Waals surface area contributed by atoms with Crippen molar-refractivity contribution in [2.24, 2.45) is 0 Å². The number of fused-ring (bicyclic) bond motifs is 1. The molecule has 1 aromatic carbocycles. The van der Waals surface area contributed by atoms with Crippen LogP contribution in [0.15, 0.2) is 41.4 Å². The number of rotatable bonds is 7. The molecule has 0 radical (unpaired) electrons. The summed E-state index contributed by atoms with van der Waals surface area (Å²) in [5.74, 6) is 0. The standard InChI is InChI=1S/C22H32N4O3S/c1-24-13-15-25(16-14-24)11-4-12-26(20-8-17-29-18-9-20)30(27,28)21-7-2-5-19-6-3-10-23-22(19)21/h2-3,5-7,10,20H,4,8-9,11-18H2,1H3. The lowest BCUT2D eigenvalue weighted by Gasteiger charge is -2.35. The molecule has 0 atom stereocenters. The maximum Gasteiger partial charge on any atom is 0.245 e. The summed E-state index contributed by atoms with van der Waals surface area (Å²) in [7, 11) is -1.50. The molecule has 0 saturated carbocycles. The minimum atomic E-state index is -3.65. The highest BCUT2D eigenvalue weighted by atomic mass is 32.2. The molecule has 2 aliphatic heterocycles. The smallest absolute Gasteiger partial charge is 0.245 e. The van der Waals surface area contributed by atoms with Crippen LogP contribution in [0.25, 0.3) is 10.9 Å². The van der Waals surface area contributed by atoms with E-state index in [1.54, 1.807) is 16.6 Å². The number of nitrogens with zero attached hydrogens (tertiary/aromatic N) is 4. The van der Waals surface area contributed by atoms with E-state index in [9.17, 15) is 8.42 Å². The molecular formula is C22H32N4O3S. The van der Waals surface area contributed by atoms with E-state index in [1.807, 2.05) is 24.3 Å². The Morgan fingerprint density at radius 2 is 1.83 bits per heavy atom. The maximum absolute atomic E-state index is 13.8. The van der Waals surface area contributed by atoms with Crippen molar-refractivity contribution in [1.29, 1.82) is 0 Å². The molecule has 0 bridgehead atoms. The van der Waals surface area contributed by atoms with Crippen molar-refractivity contribution in [3.05, 3.63) is 36.5 Å². The normalized spacial score (nSPS) is 20.2. The van der Waals surface area contributed by atoms with E-state index in [0.29, 0.717) is 30.2 Å². The van der Waals surface area contributed by atoms with Crippen molar-refractivity contribution in [3.8, 4) is 0 Å². The third-order valence-electron chi connectivity index (χ3n) is 6.23. The van der Waals surface area contributed by atoms with Crippen molar-refractivity contribution in [3.63, 3.8) is 0 Å². The van der Waals surface area contributed by atoms with Crippen LogP contribution in [0, 0.1) is 0 Å². The first-order valence-corrected chi connectivity index (χ1v) is 12.3. The highest BCUT2D eigenvalue weighted by molar-refractivity contribution is 7.89. The Morgan fingerprint density at radius 3 is 2.60 bits per heavy atom. The fraction of sp³-hybridized carbons (Fsp3) is 0.591. The van der Waals surface area contributed by atoms with Gasteiger partial charge in [0.1, 0.15) is 4.90 Å². The molecule has 164 valence electrons. The van der Waals surface area contributed by atoms with Gasteiger partial charge in [0.15, 0.2) is 0 Å². The second kappa shape index (κ2) is 9.70. The molecule has 2 aliphatic rings. The van der Waals surface area contributed by atoms with Gasteiger partial charge in [-0.1, -0.05) is 18.2 Å². The number of ether oxygens (including phenoxy) is 1. The summed E-state index contributed by atoms with van der Waals surface area (Å²) in [6.07, 6.45) is 3.98. The van der Waals surface area contributed by atoms with E-state index >= 15 is 0 Å². The van der Waals surface area contributed by atoms with Gasteiger partial charge in [-0.2, -0.15) is 4.31 Å². The van der Waals surface area contributed by atoms with Crippen LogP contribution in [0.2, 0.25) is 0 Å². The monoisotopic (exact) mass is 432 g/mol. The SMILES string of the molecule is CN1CCN(CCCN(C2CCOCC2)S(=O)(=O)c2cccc3cccnc23)CC1. The van der Waals surface area contributed by atoms with E-state index in [1.165, 1.54) is 0 Å². The topological polar surface area (TPSA) is 66.0 Å². The van der Waals surface area contributed by atoms with Gasteiger partial charge in [0.2, 0.25) is 10.0 Å². The fourth-order valence-corrected chi connectivity index (χ4v) is 6.30. The molecule has 4 rings (SSSR count). The van der Waals surface area contributed by atoms with Crippen LogP contribution in [0.1, 0.15) is 19.3 Å². The quantitative estimate of drug-likeness (QED) is 0.667. The lowest BCUT2D eigenvalue weighted by atomic mass is 10.1. The number of sulfonamides is 1. The van der Waals surface area contributed by atoms with E-state index in [-0.39, 0.29) is 6.04 Å². The largest absolute Gasteiger partial charge is 0.381 e. The predicted octanol–water partition coefficient (Wildman–Crippen LogP) is 2.04.